The lowest BCUT2D eigenvalue weighted by atomic mass is 9.88. The summed E-state index contributed by atoms with van der Waals surface area (Å²) in [6, 6.07) is 0. The summed E-state index contributed by atoms with van der Waals surface area (Å²) in [5.41, 5.74) is 2.43. The molecule has 4 nitrogen and oxygen atoms in total. The van der Waals surface area contributed by atoms with Gasteiger partial charge in [0.25, 0.3) is 0 Å². The Hall–Kier alpha value is -0.870. The summed E-state index contributed by atoms with van der Waals surface area (Å²) in [4.78, 5) is 0. The van der Waals surface area contributed by atoms with Gasteiger partial charge in [-0.2, -0.15) is 5.10 Å². The summed E-state index contributed by atoms with van der Waals surface area (Å²) < 4.78 is 7.68. The van der Waals surface area contributed by atoms with Gasteiger partial charge in [0.05, 0.1) is 18.4 Å². The zero-order valence-electron chi connectivity index (χ0n) is 10.6. The van der Waals surface area contributed by atoms with Crippen LogP contribution >= 0.6 is 0 Å². The first kappa shape index (κ1) is 11.6. The molecule has 1 aliphatic heterocycles. The zero-order valence-corrected chi connectivity index (χ0v) is 10.6. The van der Waals surface area contributed by atoms with E-state index in [-0.39, 0.29) is 11.5 Å². The molecule has 0 saturated carbocycles. The molecule has 0 radical (unpaired) electrons. The van der Waals surface area contributed by atoms with Crippen molar-refractivity contribution in [2.45, 2.75) is 32.3 Å². The Morgan fingerprint density at radius 2 is 2.25 bits per heavy atom. The molecule has 2 rings (SSSR count). The smallest absolute Gasteiger partial charge is 0.0983 e. The number of hydrogen-bond donors (Lipinski definition) is 1. The van der Waals surface area contributed by atoms with Crippen molar-refractivity contribution in [2.75, 3.05) is 19.7 Å². The second kappa shape index (κ2) is 4.18. The van der Waals surface area contributed by atoms with Gasteiger partial charge in [0.15, 0.2) is 0 Å². The molecule has 1 N–H and O–H groups in total. The molecule has 90 valence electrons. The summed E-state index contributed by atoms with van der Waals surface area (Å²) in [5.74, 6) is 0. The lowest BCUT2D eigenvalue weighted by Crippen LogP contribution is -2.34. The lowest BCUT2D eigenvalue weighted by Gasteiger charge is -2.26. The molecular formula is C12H21N3O. The maximum atomic E-state index is 5.80. The Morgan fingerprint density at radius 3 is 2.81 bits per heavy atom. The number of aromatic nitrogens is 2. The molecule has 0 spiro atoms. The Balaban J connectivity index is 2.31. The average Bonchev–Trinajstić information content (AvgIpc) is 2.61. The number of hydrogen-bond acceptors (Lipinski definition) is 3. The molecule has 1 aliphatic rings. The van der Waals surface area contributed by atoms with E-state index in [9.17, 15) is 0 Å². The highest BCUT2D eigenvalue weighted by atomic mass is 16.5. The van der Waals surface area contributed by atoms with Crippen LogP contribution in [-0.2, 0) is 17.2 Å². The Kier molecular flexibility index (Phi) is 3.04. The standard InChI is InChI=1S/C12H21N3O/c1-12(2,3)11-9(8-15(4)14-11)10-7-13-5-6-16-10/h8,10,13H,5-7H2,1-4H3. The third-order valence-electron chi connectivity index (χ3n) is 2.84. The van der Waals surface area contributed by atoms with Crippen molar-refractivity contribution in [3.8, 4) is 0 Å². The summed E-state index contributed by atoms with van der Waals surface area (Å²) in [7, 11) is 1.97. The number of ether oxygens (including phenoxy) is 1. The fourth-order valence-electron chi connectivity index (χ4n) is 2.09. The van der Waals surface area contributed by atoms with E-state index in [1.807, 2.05) is 11.7 Å². The minimum atomic E-state index is 0.0669. The lowest BCUT2D eigenvalue weighted by molar-refractivity contribution is 0.0266. The van der Waals surface area contributed by atoms with E-state index in [4.69, 9.17) is 4.74 Å². The van der Waals surface area contributed by atoms with Crippen molar-refractivity contribution >= 4 is 0 Å². The van der Waals surface area contributed by atoms with Crippen molar-refractivity contribution in [2.24, 2.45) is 7.05 Å². The van der Waals surface area contributed by atoms with Gasteiger partial charge in [-0.1, -0.05) is 20.8 Å². The largest absolute Gasteiger partial charge is 0.371 e. The SMILES string of the molecule is Cn1cc(C2CNCCO2)c(C(C)(C)C)n1. The molecule has 0 aromatic carbocycles. The zero-order chi connectivity index (χ0) is 11.8. The van der Waals surface area contributed by atoms with Crippen molar-refractivity contribution in [1.29, 1.82) is 0 Å². The highest BCUT2D eigenvalue weighted by molar-refractivity contribution is 5.27. The molecule has 1 atom stereocenters. The van der Waals surface area contributed by atoms with Crippen LogP contribution in [0.3, 0.4) is 0 Å². The van der Waals surface area contributed by atoms with Gasteiger partial charge in [-0.15, -0.1) is 0 Å². The molecule has 1 aromatic heterocycles. The molecule has 4 heteroatoms. The van der Waals surface area contributed by atoms with Crippen molar-refractivity contribution in [1.82, 2.24) is 15.1 Å². The topological polar surface area (TPSA) is 39.1 Å². The Morgan fingerprint density at radius 1 is 1.50 bits per heavy atom. The van der Waals surface area contributed by atoms with Gasteiger partial charge in [-0.3, -0.25) is 4.68 Å². The van der Waals surface area contributed by atoms with Crippen LogP contribution in [0, 0.1) is 0 Å². The average molecular weight is 223 g/mol. The van der Waals surface area contributed by atoms with Gasteiger partial charge in [-0.05, 0) is 0 Å². The maximum absolute atomic E-state index is 5.80. The van der Waals surface area contributed by atoms with E-state index in [2.05, 4.69) is 37.4 Å². The number of aryl methyl sites for hydroxylation is 1. The molecule has 16 heavy (non-hydrogen) atoms. The third-order valence-corrected chi connectivity index (χ3v) is 2.84. The van der Waals surface area contributed by atoms with Gasteiger partial charge in [0.2, 0.25) is 0 Å². The summed E-state index contributed by atoms with van der Waals surface area (Å²) in [5, 5.41) is 7.93. The van der Waals surface area contributed by atoms with E-state index >= 15 is 0 Å². The fraction of sp³-hybridized carbons (Fsp3) is 0.750. The highest BCUT2D eigenvalue weighted by Crippen LogP contribution is 2.30. The van der Waals surface area contributed by atoms with Crippen LogP contribution in [0.5, 0.6) is 0 Å². The Bertz CT molecular complexity index is 359. The number of rotatable bonds is 1. The summed E-state index contributed by atoms with van der Waals surface area (Å²) in [6.45, 7) is 9.18. The molecule has 1 saturated heterocycles. The molecule has 2 heterocycles. The number of nitrogens with one attached hydrogen (secondary N) is 1. The number of nitrogens with zero attached hydrogens (tertiary/aromatic N) is 2. The monoisotopic (exact) mass is 223 g/mol. The predicted octanol–water partition coefficient (Wildman–Crippen LogP) is 1.38. The first-order chi connectivity index (χ1) is 7.48. The molecule has 0 amide bonds. The fourth-order valence-corrected chi connectivity index (χ4v) is 2.09. The first-order valence-electron chi connectivity index (χ1n) is 5.85. The minimum absolute atomic E-state index is 0.0669. The van der Waals surface area contributed by atoms with Crippen LogP contribution in [0.4, 0.5) is 0 Å². The van der Waals surface area contributed by atoms with Gasteiger partial charge < -0.3 is 10.1 Å². The third kappa shape index (κ3) is 2.28. The minimum Gasteiger partial charge on any atom is -0.371 e. The van der Waals surface area contributed by atoms with Crippen molar-refractivity contribution in [3.63, 3.8) is 0 Å². The normalized spacial score (nSPS) is 22.4. The van der Waals surface area contributed by atoms with E-state index in [0.717, 1.165) is 25.4 Å². The van der Waals surface area contributed by atoms with Gasteiger partial charge in [0, 0.05) is 37.3 Å². The van der Waals surface area contributed by atoms with Crippen LogP contribution in [-0.4, -0.2) is 29.5 Å². The molecule has 1 aromatic rings. The van der Waals surface area contributed by atoms with Crippen LogP contribution in [0.25, 0.3) is 0 Å². The molecule has 0 bridgehead atoms. The van der Waals surface area contributed by atoms with Crippen molar-refractivity contribution in [3.05, 3.63) is 17.5 Å². The van der Waals surface area contributed by atoms with Crippen LogP contribution in [0.2, 0.25) is 0 Å². The molecule has 1 unspecified atom stereocenters. The second-order valence-electron chi connectivity index (χ2n) is 5.42. The van der Waals surface area contributed by atoms with Gasteiger partial charge in [-0.25, -0.2) is 0 Å². The Labute approximate surface area is 97.0 Å². The van der Waals surface area contributed by atoms with E-state index < -0.39 is 0 Å². The van der Waals surface area contributed by atoms with E-state index in [1.165, 1.54) is 5.56 Å². The van der Waals surface area contributed by atoms with Crippen LogP contribution in [0.1, 0.15) is 38.1 Å². The first-order valence-corrected chi connectivity index (χ1v) is 5.85. The molecule has 0 aliphatic carbocycles. The highest BCUT2D eigenvalue weighted by Gasteiger charge is 2.27. The van der Waals surface area contributed by atoms with E-state index in [1.54, 1.807) is 0 Å². The predicted molar refractivity (Wildman–Crippen MR) is 63.5 cm³/mol. The maximum Gasteiger partial charge on any atom is 0.0983 e. The number of morpholine rings is 1. The molecular weight excluding hydrogens is 202 g/mol. The van der Waals surface area contributed by atoms with Gasteiger partial charge in [0.1, 0.15) is 0 Å². The molecule has 1 fully saturated rings. The second-order valence-corrected chi connectivity index (χ2v) is 5.42. The summed E-state index contributed by atoms with van der Waals surface area (Å²) >= 11 is 0. The van der Waals surface area contributed by atoms with Crippen LogP contribution in [0.15, 0.2) is 6.20 Å². The van der Waals surface area contributed by atoms with Crippen LogP contribution < -0.4 is 5.32 Å². The quantitative estimate of drug-likeness (QED) is 0.781. The van der Waals surface area contributed by atoms with E-state index in [0.29, 0.717) is 0 Å². The van der Waals surface area contributed by atoms with Crippen molar-refractivity contribution < 1.29 is 4.74 Å². The van der Waals surface area contributed by atoms with Gasteiger partial charge >= 0.3 is 0 Å². The summed E-state index contributed by atoms with van der Waals surface area (Å²) in [6.07, 6.45) is 2.23.